The summed E-state index contributed by atoms with van der Waals surface area (Å²) in [6, 6.07) is 15.2. The van der Waals surface area contributed by atoms with E-state index in [0.29, 0.717) is 13.0 Å². The van der Waals surface area contributed by atoms with Crippen LogP contribution < -0.4 is 10.1 Å². The molecule has 0 spiro atoms. The molecule has 2 aromatic carbocycles. The smallest absolute Gasteiger partial charge is 0.247 e. The van der Waals surface area contributed by atoms with Gasteiger partial charge in [-0.2, -0.15) is 0 Å². The molecule has 0 bridgehead atoms. The van der Waals surface area contributed by atoms with Gasteiger partial charge in [0.05, 0.1) is 7.11 Å². The maximum atomic E-state index is 12.8. The minimum atomic E-state index is -0.485. The second-order valence-electron chi connectivity index (χ2n) is 8.21. The molecule has 1 N–H and O–H groups in total. The van der Waals surface area contributed by atoms with Crippen molar-refractivity contribution in [2.45, 2.75) is 39.7 Å². The molecule has 5 heteroatoms. The van der Waals surface area contributed by atoms with E-state index in [2.05, 4.69) is 5.32 Å². The Hall–Kier alpha value is -2.82. The summed E-state index contributed by atoms with van der Waals surface area (Å²) in [4.78, 5) is 27.1. The van der Waals surface area contributed by atoms with Crippen molar-refractivity contribution in [3.05, 3.63) is 48.5 Å². The van der Waals surface area contributed by atoms with Gasteiger partial charge in [-0.1, -0.05) is 45.0 Å². The summed E-state index contributed by atoms with van der Waals surface area (Å²) in [5.41, 5.74) is 2.34. The first-order valence-electron chi connectivity index (χ1n) is 9.66. The number of carbonyl (C=O) groups excluding carboxylic acids is 2. The number of amides is 2. The van der Waals surface area contributed by atoms with Gasteiger partial charge in [0.1, 0.15) is 11.8 Å². The van der Waals surface area contributed by atoms with Gasteiger partial charge in [-0.25, -0.2) is 0 Å². The van der Waals surface area contributed by atoms with Crippen LogP contribution in [0, 0.1) is 5.41 Å². The zero-order valence-electron chi connectivity index (χ0n) is 17.0. The van der Waals surface area contributed by atoms with Crippen molar-refractivity contribution in [2.24, 2.45) is 5.41 Å². The van der Waals surface area contributed by atoms with Gasteiger partial charge >= 0.3 is 0 Å². The molecule has 1 atom stereocenters. The van der Waals surface area contributed by atoms with Crippen molar-refractivity contribution in [2.75, 3.05) is 19.0 Å². The van der Waals surface area contributed by atoms with Gasteiger partial charge < -0.3 is 15.0 Å². The molecule has 1 unspecified atom stereocenters. The van der Waals surface area contributed by atoms with Crippen molar-refractivity contribution in [1.29, 1.82) is 0 Å². The SMILES string of the molecule is COc1cccc(-c2ccc(NC(=O)C3CCCN3C(=O)C(C)(C)C)cc2)c1. The second-order valence-corrected chi connectivity index (χ2v) is 8.21. The third kappa shape index (κ3) is 4.35. The number of methoxy groups -OCH3 is 1. The molecule has 5 nitrogen and oxygen atoms in total. The van der Waals surface area contributed by atoms with Crippen molar-refractivity contribution in [3.8, 4) is 16.9 Å². The summed E-state index contributed by atoms with van der Waals surface area (Å²) in [5.74, 6) is 0.711. The van der Waals surface area contributed by atoms with Gasteiger partial charge in [0, 0.05) is 17.6 Å². The highest BCUT2D eigenvalue weighted by Crippen LogP contribution is 2.28. The Morgan fingerprint density at radius 2 is 1.79 bits per heavy atom. The maximum Gasteiger partial charge on any atom is 0.247 e. The molecule has 1 aliphatic heterocycles. The van der Waals surface area contributed by atoms with E-state index in [0.717, 1.165) is 29.0 Å². The molecule has 3 rings (SSSR count). The molecular formula is C23H28N2O3. The fourth-order valence-corrected chi connectivity index (χ4v) is 3.49. The largest absolute Gasteiger partial charge is 0.497 e. The van der Waals surface area contributed by atoms with Crippen LogP contribution in [0.3, 0.4) is 0 Å². The number of carbonyl (C=O) groups is 2. The lowest BCUT2D eigenvalue weighted by Gasteiger charge is -2.30. The van der Waals surface area contributed by atoms with E-state index < -0.39 is 11.5 Å². The fraction of sp³-hybridized carbons (Fsp3) is 0.391. The molecule has 148 valence electrons. The number of hydrogen-bond donors (Lipinski definition) is 1. The minimum Gasteiger partial charge on any atom is -0.497 e. The lowest BCUT2D eigenvalue weighted by atomic mass is 9.94. The van der Waals surface area contributed by atoms with Crippen molar-refractivity contribution in [1.82, 2.24) is 4.90 Å². The summed E-state index contributed by atoms with van der Waals surface area (Å²) in [7, 11) is 1.65. The molecule has 2 amide bonds. The highest BCUT2D eigenvalue weighted by molar-refractivity contribution is 5.98. The fourth-order valence-electron chi connectivity index (χ4n) is 3.49. The molecule has 0 aliphatic carbocycles. The summed E-state index contributed by atoms with van der Waals surface area (Å²) in [5, 5.41) is 2.96. The zero-order chi connectivity index (χ0) is 20.3. The van der Waals surface area contributed by atoms with E-state index in [9.17, 15) is 9.59 Å². The van der Waals surface area contributed by atoms with E-state index in [4.69, 9.17) is 4.74 Å². The van der Waals surface area contributed by atoms with Gasteiger partial charge in [0.15, 0.2) is 0 Å². The van der Waals surface area contributed by atoms with Gasteiger partial charge in [0.2, 0.25) is 11.8 Å². The van der Waals surface area contributed by atoms with Crippen LogP contribution in [0.25, 0.3) is 11.1 Å². The Balaban J connectivity index is 1.70. The average Bonchev–Trinajstić information content (AvgIpc) is 3.17. The first kappa shape index (κ1) is 19.9. The topological polar surface area (TPSA) is 58.6 Å². The number of nitrogens with one attached hydrogen (secondary N) is 1. The Morgan fingerprint density at radius 3 is 2.43 bits per heavy atom. The molecular weight excluding hydrogens is 352 g/mol. The quantitative estimate of drug-likeness (QED) is 0.858. The summed E-state index contributed by atoms with van der Waals surface area (Å²) in [6.07, 6.45) is 1.56. The number of rotatable bonds is 4. The van der Waals surface area contributed by atoms with Crippen LogP contribution in [-0.4, -0.2) is 36.4 Å². The Labute approximate surface area is 166 Å². The first-order valence-corrected chi connectivity index (χ1v) is 9.66. The number of nitrogens with zero attached hydrogens (tertiary/aromatic N) is 1. The van der Waals surface area contributed by atoms with Crippen LogP contribution in [0.4, 0.5) is 5.69 Å². The molecule has 0 radical (unpaired) electrons. The first-order chi connectivity index (χ1) is 13.3. The highest BCUT2D eigenvalue weighted by Gasteiger charge is 2.38. The third-order valence-corrected chi connectivity index (χ3v) is 5.01. The van der Waals surface area contributed by atoms with Crippen LogP contribution in [-0.2, 0) is 9.59 Å². The monoisotopic (exact) mass is 380 g/mol. The van der Waals surface area contributed by atoms with Crippen LogP contribution >= 0.6 is 0 Å². The minimum absolute atomic E-state index is 0.0264. The Bertz CT molecular complexity index is 853. The average molecular weight is 380 g/mol. The summed E-state index contributed by atoms with van der Waals surface area (Å²) in [6.45, 7) is 6.31. The Kier molecular flexibility index (Phi) is 5.73. The lowest BCUT2D eigenvalue weighted by Crippen LogP contribution is -2.47. The predicted molar refractivity (Wildman–Crippen MR) is 111 cm³/mol. The molecule has 0 aromatic heterocycles. The standard InChI is InChI=1S/C23H28N2O3/c1-23(2,3)22(27)25-14-6-9-20(25)21(26)24-18-12-10-16(11-13-18)17-7-5-8-19(15-17)28-4/h5,7-8,10-13,15,20H,6,9,14H2,1-4H3,(H,24,26). The number of ether oxygens (including phenoxy) is 1. The molecule has 28 heavy (non-hydrogen) atoms. The van der Waals surface area contributed by atoms with Crippen LogP contribution in [0.1, 0.15) is 33.6 Å². The zero-order valence-corrected chi connectivity index (χ0v) is 17.0. The van der Waals surface area contributed by atoms with Gasteiger partial charge in [-0.15, -0.1) is 0 Å². The van der Waals surface area contributed by atoms with Crippen LogP contribution in [0.5, 0.6) is 5.75 Å². The third-order valence-electron chi connectivity index (χ3n) is 5.01. The molecule has 2 aromatic rings. The molecule has 1 saturated heterocycles. The van der Waals surface area contributed by atoms with Crippen LogP contribution in [0.15, 0.2) is 48.5 Å². The molecule has 1 heterocycles. The number of anilines is 1. The highest BCUT2D eigenvalue weighted by atomic mass is 16.5. The van der Waals surface area contributed by atoms with E-state index >= 15 is 0 Å². The summed E-state index contributed by atoms with van der Waals surface area (Å²) < 4.78 is 5.27. The summed E-state index contributed by atoms with van der Waals surface area (Å²) >= 11 is 0. The van der Waals surface area contributed by atoms with Crippen molar-refractivity contribution >= 4 is 17.5 Å². The number of benzene rings is 2. The predicted octanol–water partition coefficient (Wildman–Crippen LogP) is 4.34. The van der Waals surface area contributed by atoms with Crippen molar-refractivity contribution in [3.63, 3.8) is 0 Å². The normalized spacial score (nSPS) is 16.7. The molecule has 0 saturated carbocycles. The second kappa shape index (κ2) is 8.05. The van der Waals surface area contributed by atoms with Crippen LogP contribution in [0.2, 0.25) is 0 Å². The van der Waals surface area contributed by atoms with E-state index in [1.807, 2.05) is 69.3 Å². The lowest BCUT2D eigenvalue weighted by molar-refractivity contribution is -0.143. The van der Waals surface area contributed by atoms with E-state index in [-0.39, 0.29) is 11.8 Å². The Morgan fingerprint density at radius 1 is 1.07 bits per heavy atom. The van der Waals surface area contributed by atoms with Gasteiger partial charge in [0.25, 0.3) is 0 Å². The van der Waals surface area contributed by atoms with E-state index in [1.165, 1.54) is 0 Å². The molecule has 1 aliphatic rings. The van der Waals surface area contributed by atoms with Crippen molar-refractivity contribution < 1.29 is 14.3 Å². The number of likely N-dealkylation sites (tertiary alicyclic amines) is 1. The molecule has 1 fully saturated rings. The van der Waals surface area contributed by atoms with E-state index in [1.54, 1.807) is 12.0 Å². The van der Waals surface area contributed by atoms with Gasteiger partial charge in [-0.3, -0.25) is 9.59 Å². The maximum absolute atomic E-state index is 12.8. The number of hydrogen-bond acceptors (Lipinski definition) is 3. The van der Waals surface area contributed by atoms with Gasteiger partial charge in [-0.05, 0) is 48.2 Å².